The largest absolute Gasteiger partial charge is 0.488 e. The van der Waals surface area contributed by atoms with E-state index in [0.29, 0.717) is 62.0 Å². The third kappa shape index (κ3) is 6.73. The molecule has 0 spiro atoms. The van der Waals surface area contributed by atoms with Gasteiger partial charge in [-0.25, -0.2) is 13.6 Å². The molecule has 6 rings (SSSR count). The Morgan fingerprint density at radius 3 is 2.43 bits per heavy atom. The maximum Gasteiger partial charge on any atom is 0.408 e. The molecule has 7 nitrogen and oxygen atoms in total. The number of carbonyl (C=O) groups is 2. The Kier molecular flexibility index (Phi) is 9.56. The maximum absolute atomic E-state index is 14.5. The van der Waals surface area contributed by atoms with Crippen LogP contribution in [0.1, 0.15) is 42.4 Å². The SMILES string of the molecule is O=C(C1=C(c2ccc(CCCOc3c(F)ccc(F)c3F)cc2)CC2CNCC1N2C(=O)O)N(CCc1ccccc1Cl)C1CC1. The highest BCUT2D eigenvalue weighted by molar-refractivity contribution is 6.31. The van der Waals surface area contributed by atoms with Gasteiger partial charge in [0, 0.05) is 36.3 Å². The number of hydrogen-bond donors (Lipinski definition) is 2. The normalized spacial score (nSPS) is 19.3. The maximum atomic E-state index is 14.5. The Hall–Kier alpha value is -4.02. The molecule has 2 N–H and O–H groups in total. The van der Waals surface area contributed by atoms with Gasteiger partial charge >= 0.3 is 6.09 Å². The molecule has 2 fully saturated rings. The monoisotopic (exact) mass is 653 g/mol. The first kappa shape index (κ1) is 31.9. The predicted octanol–water partition coefficient (Wildman–Crippen LogP) is 6.48. The molecule has 1 saturated heterocycles. The summed E-state index contributed by atoms with van der Waals surface area (Å²) in [7, 11) is 0. The number of hydrogen-bond acceptors (Lipinski definition) is 4. The van der Waals surface area contributed by atoms with Crippen LogP contribution in [0.5, 0.6) is 5.75 Å². The quantitative estimate of drug-likeness (QED) is 0.183. The Bertz CT molecular complexity index is 1650. The zero-order chi connectivity index (χ0) is 32.4. The van der Waals surface area contributed by atoms with Crippen molar-refractivity contribution in [3.05, 3.63) is 105 Å². The van der Waals surface area contributed by atoms with Crippen molar-refractivity contribution >= 4 is 29.2 Å². The van der Waals surface area contributed by atoms with Gasteiger partial charge in [-0.3, -0.25) is 9.69 Å². The fourth-order valence-corrected chi connectivity index (χ4v) is 6.76. The molecule has 0 aromatic heterocycles. The fourth-order valence-electron chi connectivity index (χ4n) is 6.53. The molecule has 3 aliphatic rings. The van der Waals surface area contributed by atoms with Gasteiger partial charge in [0.05, 0.1) is 18.7 Å². The lowest BCUT2D eigenvalue weighted by atomic mass is 9.81. The zero-order valence-electron chi connectivity index (χ0n) is 25.2. The Labute approximate surface area is 270 Å². The highest BCUT2D eigenvalue weighted by Crippen LogP contribution is 2.39. The number of rotatable bonds is 11. The zero-order valence-corrected chi connectivity index (χ0v) is 25.9. The summed E-state index contributed by atoms with van der Waals surface area (Å²) in [6.45, 7) is 1.32. The molecule has 2 atom stereocenters. The van der Waals surface area contributed by atoms with Crippen LogP contribution < -0.4 is 10.1 Å². The van der Waals surface area contributed by atoms with Crippen molar-refractivity contribution in [1.82, 2.24) is 15.1 Å². The van der Waals surface area contributed by atoms with Crippen LogP contribution in [0.15, 0.2) is 66.2 Å². The minimum absolute atomic E-state index is 0.00454. The van der Waals surface area contributed by atoms with Crippen molar-refractivity contribution in [3.63, 3.8) is 0 Å². The van der Waals surface area contributed by atoms with Crippen LogP contribution >= 0.6 is 11.6 Å². The van der Waals surface area contributed by atoms with Crippen molar-refractivity contribution in [3.8, 4) is 5.75 Å². The Morgan fingerprint density at radius 2 is 1.72 bits per heavy atom. The average Bonchev–Trinajstić information content (AvgIpc) is 3.88. The molecule has 11 heteroatoms. The van der Waals surface area contributed by atoms with Crippen LogP contribution in [0.3, 0.4) is 0 Å². The number of carbonyl (C=O) groups excluding carboxylic acids is 1. The molecular weight excluding hydrogens is 619 g/mol. The Morgan fingerprint density at radius 1 is 0.978 bits per heavy atom. The molecule has 1 aliphatic carbocycles. The summed E-state index contributed by atoms with van der Waals surface area (Å²) in [5.41, 5.74) is 4.13. The molecule has 2 amide bonds. The number of ether oxygens (including phenoxy) is 1. The summed E-state index contributed by atoms with van der Waals surface area (Å²) in [6.07, 6.45) is 2.75. The molecule has 2 aliphatic heterocycles. The van der Waals surface area contributed by atoms with Gasteiger partial charge in [-0.15, -0.1) is 0 Å². The minimum Gasteiger partial charge on any atom is -0.488 e. The van der Waals surface area contributed by atoms with Gasteiger partial charge in [0.25, 0.3) is 5.91 Å². The van der Waals surface area contributed by atoms with Crippen molar-refractivity contribution in [2.24, 2.45) is 0 Å². The van der Waals surface area contributed by atoms with E-state index in [-0.39, 0.29) is 24.6 Å². The van der Waals surface area contributed by atoms with Gasteiger partial charge < -0.3 is 20.1 Å². The minimum atomic E-state index is -1.35. The van der Waals surface area contributed by atoms with Gasteiger partial charge in [-0.1, -0.05) is 54.1 Å². The number of carboxylic acid groups (broad SMARTS) is 1. The first-order chi connectivity index (χ1) is 22.2. The number of nitrogens with one attached hydrogen (secondary N) is 1. The summed E-state index contributed by atoms with van der Waals surface area (Å²) < 4.78 is 46.4. The van der Waals surface area contributed by atoms with Crippen molar-refractivity contribution in [1.29, 1.82) is 0 Å². The molecule has 2 heterocycles. The van der Waals surface area contributed by atoms with Crippen molar-refractivity contribution in [2.45, 2.75) is 56.7 Å². The molecule has 0 radical (unpaired) electrons. The summed E-state index contributed by atoms with van der Waals surface area (Å²) in [5, 5.41) is 14.1. The number of aryl methyl sites for hydroxylation is 1. The standard InChI is InChI=1S/C35H35ClF3N3O4/c36-27-6-2-1-5-23(27)15-16-41(24-11-12-24)34(43)31-26(18-25-19-40-20-30(31)42(25)35(44)45)22-9-7-21(8-10-22)4-3-17-46-33-29(38)14-13-28(37)32(33)39/h1-2,5-10,13-14,24-25,30,40H,3-4,11-12,15-20H2,(H,44,45). The highest BCUT2D eigenvalue weighted by atomic mass is 35.5. The first-order valence-corrected chi connectivity index (χ1v) is 16.0. The smallest absolute Gasteiger partial charge is 0.408 e. The average molecular weight is 654 g/mol. The van der Waals surface area contributed by atoms with Gasteiger partial charge in [0.2, 0.25) is 5.82 Å². The van der Waals surface area contributed by atoms with Crippen LogP contribution in [0.25, 0.3) is 5.57 Å². The van der Waals surface area contributed by atoms with Crippen LogP contribution in [0.2, 0.25) is 5.02 Å². The molecule has 3 aromatic rings. The lowest BCUT2D eigenvalue weighted by molar-refractivity contribution is -0.128. The van der Waals surface area contributed by atoms with Gasteiger partial charge in [0.1, 0.15) is 0 Å². The topological polar surface area (TPSA) is 82.1 Å². The third-order valence-corrected chi connectivity index (χ3v) is 9.35. The van der Waals surface area contributed by atoms with Gasteiger partial charge in [0.15, 0.2) is 17.4 Å². The van der Waals surface area contributed by atoms with E-state index in [1.165, 1.54) is 4.90 Å². The summed E-state index contributed by atoms with van der Waals surface area (Å²) in [5.74, 6) is -4.34. The second kappa shape index (κ2) is 13.8. The number of amides is 2. The third-order valence-electron chi connectivity index (χ3n) is 8.99. The van der Waals surface area contributed by atoms with Crippen molar-refractivity contribution < 1.29 is 32.6 Å². The second-order valence-electron chi connectivity index (χ2n) is 12.0. The molecule has 242 valence electrons. The number of halogens is 4. The Balaban J connectivity index is 1.23. The van der Waals surface area contributed by atoms with E-state index in [1.807, 2.05) is 53.4 Å². The number of piperazine rings is 1. The predicted molar refractivity (Wildman–Crippen MR) is 168 cm³/mol. The van der Waals surface area contributed by atoms with E-state index in [1.54, 1.807) is 0 Å². The first-order valence-electron chi connectivity index (χ1n) is 15.6. The van der Waals surface area contributed by atoms with Gasteiger partial charge in [-0.05, 0) is 79.0 Å². The second-order valence-corrected chi connectivity index (χ2v) is 12.4. The van der Waals surface area contributed by atoms with E-state index in [4.69, 9.17) is 16.3 Å². The number of benzene rings is 3. The molecular formula is C35H35ClF3N3O4. The van der Waals surface area contributed by atoms with Crippen LogP contribution in [-0.2, 0) is 17.6 Å². The van der Waals surface area contributed by atoms with E-state index in [0.717, 1.165) is 41.2 Å². The lowest BCUT2D eigenvalue weighted by Gasteiger charge is -2.47. The van der Waals surface area contributed by atoms with E-state index in [2.05, 4.69) is 5.32 Å². The lowest BCUT2D eigenvalue weighted by Crippen LogP contribution is -2.63. The molecule has 46 heavy (non-hydrogen) atoms. The van der Waals surface area contributed by atoms with Crippen LogP contribution in [-0.4, -0.2) is 71.3 Å². The number of fused-ring (bicyclic) bond motifs is 2. The van der Waals surface area contributed by atoms with Gasteiger partial charge in [-0.2, -0.15) is 4.39 Å². The summed E-state index contributed by atoms with van der Waals surface area (Å²) in [6, 6.07) is 16.1. The van der Waals surface area contributed by atoms with E-state index < -0.39 is 35.3 Å². The molecule has 2 unspecified atom stereocenters. The number of nitrogens with zero attached hydrogens (tertiary/aromatic N) is 2. The molecule has 2 bridgehead atoms. The summed E-state index contributed by atoms with van der Waals surface area (Å²) in [4.78, 5) is 30.2. The van der Waals surface area contributed by atoms with Crippen LogP contribution in [0, 0.1) is 17.5 Å². The van der Waals surface area contributed by atoms with Crippen LogP contribution in [0.4, 0.5) is 18.0 Å². The van der Waals surface area contributed by atoms with E-state index >= 15 is 0 Å². The molecule has 1 saturated carbocycles. The summed E-state index contributed by atoms with van der Waals surface area (Å²) >= 11 is 6.41. The van der Waals surface area contributed by atoms with E-state index in [9.17, 15) is 27.9 Å². The fraction of sp³-hybridized carbons (Fsp3) is 0.371. The molecule has 3 aromatic carbocycles. The highest BCUT2D eigenvalue weighted by Gasteiger charge is 2.46. The van der Waals surface area contributed by atoms with Crippen molar-refractivity contribution in [2.75, 3.05) is 26.2 Å².